The zero-order chi connectivity index (χ0) is 63.9. The van der Waals surface area contributed by atoms with Gasteiger partial charge in [0, 0.05) is 74.8 Å². The van der Waals surface area contributed by atoms with E-state index in [9.17, 15) is 0 Å². The van der Waals surface area contributed by atoms with Crippen LogP contribution in [0.4, 0.5) is 62.6 Å². The minimum Gasteiger partial charge on any atom is -0.497 e. The molecule has 0 aliphatic heterocycles. The molecule has 0 saturated carbocycles. The van der Waals surface area contributed by atoms with Gasteiger partial charge in [-0.1, -0.05) is 133 Å². The summed E-state index contributed by atoms with van der Waals surface area (Å²) in [7, 11) is 6.92. The van der Waals surface area contributed by atoms with E-state index < -0.39 is 0 Å². The Balaban J connectivity index is 0.991. The quantitative estimate of drug-likeness (QED) is 0.0894. The maximum atomic E-state index is 5.89. The summed E-state index contributed by atoms with van der Waals surface area (Å²) in [5.74, 6) is 2.33. The first-order chi connectivity index (χ1) is 46.8. The van der Waals surface area contributed by atoms with E-state index in [1.54, 1.807) is 28.4 Å². The fourth-order valence-electron chi connectivity index (χ4n) is 13.7. The topological polar surface area (TPSA) is 54.8 Å². The number of allylic oxidation sites excluding steroid dienone is 1. The maximum absolute atomic E-state index is 5.89. The van der Waals surface area contributed by atoms with Crippen LogP contribution in [0.15, 0.2) is 321 Å². The molecule has 1 aliphatic carbocycles. The number of methoxy groups -OCH3 is 4. The van der Waals surface area contributed by atoms with Gasteiger partial charge in [-0.3, -0.25) is 0 Å². The summed E-state index contributed by atoms with van der Waals surface area (Å²) < 4.78 is 25.7. The molecule has 0 saturated heterocycles. The van der Waals surface area contributed by atoms with Crippen molar-refractivity contribution in [2.75, 3.05) is 48.0 Å². The molecule has 95 heavy (non-hydrogen) atoms. The monoisotopic (exact) mass is 1230 g/mol. The summed E-state index contributed by atoms with van der Waals surface area (Å²) in [5.41, 5.74) is 15.0. The first-order valence-corrected chi connectivity index (χ1v) is 32.1. The molecule has 16 rings (SSSR count). The SMILES string of the molecule is COc1ccc(N(c2cc(N(c3ccc(OC)cc3)c3ccc4ccccc4c3)cc(-n3c4ccc(N(C5=CCC(OC)C=C5)c5ccc6ccccc6c5)cc4c4cc(N(c5ccc(OC)cc5)c5ccc6ccccc6c5)ccc43)c2)c2ccc3ccccc3c2)cc1. The number of hydrogen-bond donors (Lipinski definition) is 0. The van der Waals surface area contributed by atoms with Gasteiger partial charge < -0.3 is 43.1 Å². The Morgan fingerprint density at radius 1 is 0.295 bits per heavy atom. The van der Waals surface area contributed by atoms with Crippen LogP contribution in [0.5, 0.6) is 17.2 Å². The van der Waals surface area contributed by atoms with Crippen molar-refractivity contribution in [2.24, 2.45) is 0 Å². The van der Waals surface area contributed by atoms with Crippen LogP contribution in [-0.2, 0) is 4.74 Å². The van der Waals surface area contributed by atoms with Gasteiger partial charge in [-0.25, -0.2) is 0 Å². The smallest absolute Gasteiger partial charge is 0.119 e. The zero-order valence-electron chi connectivity index (χ0n) is 53.2. The lowest BCUT2D eigenvalue weighted by atomic mass is 10.0. The van der Waals surface area contributed by atoms with E-state index in [1.165, 1.54) is 10.8 Å². The molecule has 0 fully saturated rings. The van der Waals surface area contributed by atoms with E-state index in [0.717, 1.165) is 152 Å². The molecule has 1 heterocycles. The van der Waals surface area contributed by atoms with Gasteiger partial charge in [0.2, 0.25) is 0 Å². The summed E-state index contributed by atoms with van der Waals surface area (Å²) >= 11 is 0. The van der Waals surface area contributed by atoms with Crippen LogP contribution in [0.3, 0.4) is 0 Å². The molecule has 460 valence electrons. The Morgan fingerprint density at radius 2 is 0.611 bits per heavy atom. The van der Waals surface area contributed by atoms with E-state index in [1.807, 2.05) is 36.4 Å². The maximum Gasteiger partial charge on any atom is 0.119 e. The molecule has 1 aliphatic rings. The number of aromatic nitrogens is 1. The van der Waals surface area contributed by atoms with Crippen LogP contribution in [0, 0.1) is 0 Å². The van der Waals surface area contributed by atoms with Crippen molar-refractivity contribution in [3.05, 3.63) is 321 Å². The van der Waals surface area contributed by atoms with Crippen molar-refractivity contribution in [1.82, 2.24) is 4.57 Å². The molecular weight excluding hydrogens is 1170 g/mol. The average molecular weight is 1230 g/mol. The Labute approximate surface area is 552 Å². The molecule has 0 spiro atoms. The number of fused-ring (bicyclic) bond motifs is 7. The molecule has 0 amide bonds. The summed E-state index contributed by atoms with van der Waals surface area (Å²) in [6.07, 6.45) is 7.40. The van der Waals surface area contributed by atoms with Crippen molar-refractivity contribution in [1.29, 1.82) is 0 Å². The predicted octanol–water partition coefficient (Wildman–Crippen LogP) is 22.8. The number of anilines is 11. The lowest BCUT2D eigenvalue weighted by molar-refractivity contribution is 0.142. The largest absolute Gasteiger partial charge is 0.497 e. The van der Waals surface area contributed by atoms with Gasteiger partial charge in [-0.15, -0.1) is 0 Å². The van der Waals surface area contributed by atoms with E-state index in [4.69, 9.17) is 18.9 Å². The standard InChI is InChI=1S/C86H67N5O4/c1-92-79-39-29-66(30-40-79)87(70-25-21-58-13-5-9-17-62(58)49-70)74-37-47-85-83(56-74)84-57-75(88(67-31-41-80(93-2)42-32-67)71-26-22-59-14-6-10-18-63(59)50-71)38-48-86(84)91(85)78-54-76(89(68-33-43-81(94-3)44-34-68)72-27-23-60-15-7-11-19-64(60)51-72)53-77(55-78)90(69-35-45-82(95-4)46-36-69)73-28-24-61-16-8-12-20-65(61)52-73/h5-41,43-57,80H,42H2,1-4H3. The third-order valence-corrected chi connectivity index (χ3v) is 18.5. The van der Waals surface area contributed by atoms with Crippen molar-refractivity contribution in [3.63, 3.8) is 0 Å². The van der Waals surface area contributed by atoms with Crippen molar-refractivity contribution < 1.29 is 18.9 Å². The molecule has 9 nitrogen and oxygen atoms in total. The minimum absolute atomic E-state index is 0.0169. The van der Waals surface area contributed by atoms with Gasteiger partial charge in [-0.05, 0) is 232 Å². The Kier molecular flexibility index (Phi) is 15.2. The van der Waals surface area contributed by atoms with Crippen LogP contribution in [0.1, 0.15) is 6.42 Å². The predicted molar refractivity (Wildman–Crippen MR) is 396 cm³/mol. The van der Waals surface area contributed by atoms with Crippen molar-refractivity contribution in [2.45, 2.75) is 12.5 Å². The van der Waals surface area contributed by atoms with Gasteiger partial charge in [0.1, 0.15) is 17.2 Å². The van der Waals surface area contributed by atoms with Gasteiger partial charge in [0.25, 0.3) is 0 Å². The lowest BCUT2D eigenvalue weighted by Gasteiger charge is -2.31. The van der Waals surface area contributed by atoms with Crippen LogP contribution in [-0.4, -0.2) is 39.1 Å². The third-order valence-electron chi connectivity index (χ3n) is 18.5. The van der Waals surface area contributed by atoms with Gasteiger partial charge >= 0.3 is 0 Å². The van der Waals surface area contributed by atoms with Gasteiger partial charge in [-0.2, -0.15) is 0 Å². The molecule has 0 bridgehead atoms. The average Bonchev–Trinajstić information content (AvgIpc) is 1.58. The molecule has 0 N–H and O–H groups in total. The molecule has 1 aromatic heterocycles. The molecule has 1 atom stereocenters. The molecular formula is C86H67N5O4. The molecule has 9 heteroatoms. The van der Waals surface area contributed by atoms with E-state index in [0.29, 0.717) is 0 Å². The van der Waals surface area contributed by atoms with Crippen LogP contribution < -0.4 is 33.8 Å². The number of nitrogens with zero attached hydrogens (tertiary/aromatic N) is 5. The highest BCUT2D eigenvalue weighted by molar-refractivity contribution is 6.12. The highest BCUT2D eigenvalue weighted by Crippen LogP contribution is 2.48. The second kappa shape index (κ2) is 24.9. The van der Waals surface area contributed by atoms with E-state index in [-0.39, 0.29) is 6.10 Å². The van der Waals surface area contributed by atoms with Crippen molar-refractivity contribution >= 4 is 127 Å². The normalized spacial score (nSPS) is 13.0. The summed E-state index contributed by atoms with van der Waals surface area (Å²) in [4.78, 5) is 9.49. The van der Waals surface area contributed by atoms with Crippen LogP contribution in [0.25, 0.3) is 70.6 Å². The second-order valence-electron chi connectivity index (χ2n) is 24.0. The molecule has 14 aromatic carbocycles. The van der Waals surface area contributed by atoms with E-state index >= 15 is 0 Å². The van der Waals surface area contributed by atoms with E-state index in [2.05, 4.69) is 303 Å². The van der Waals surface area contributed by atoms with Crippen LogP contribution in [0.2, 0.25) is 0 Å². The van der Waals surface area contributed by atoms with Gasteiger partial charge in [0.15, 0.2) is 0 Å². The Hall–Kier alpha value is -12.0. The number of ether oxygens (including phenoxy) is 4. The first-order valence-electron chi connectivity index (χ1n) is 32.1. The Morgan fingerprint density at radius 3 is 0.958 bits per heavy atom. The fraction of sp³-hybridized carbons (Fsp3) is 0.0698. The highest BCUT2D eigenvalue weighted by atomic mass is 16.5. The fourth-order valence-corrected chi connectivity index (χ4v) is 13.7. The highest BCUT2D eigenvalue weighted by Gasteiger charge is 2.26. The number of hydrogen-bond acceptors (Lipinski definition) is 8. The number of rotatable bonds is 17. The molecule has 1 unspecified atom stereocenters. The molecule has 0 radical (unpaired) electrons. The third kappa shape index (κ3) is 11.0. The van der Waals surface area contributed by atoms with Crippen LogP contribution >= 0.6 is 0 Å². The first kappa shape index (κ1) is 58.1. The number of benzene rings is 14. The molecule has 15 aromatic rings. The van der Waals surface area contributed by atoms with Crippen molar-refractivity contribution in [3.8, 4) is 22.9 Å². The Bertz CT molecular complexity index is 5300. The van der Waals surface area contributed by atoms with Gasteiger partial charge in [0.05, 0.1) is 55.5 Å². The second-order valence-corrected chi connectivity index (χ2v) is 24.0. The summed E-state index contributed by atoms with van der Waals surface area (Å²) in [6.45, 7) is 0. The lowest BCUT2D eigenvalue weighted by Crippen LogP contribution is -2.19. The minimum atomic E-state index is -0.0169. The summed E-state index contributed by atoms with van der Waals surface area (Å²) in [6, 6.07) is 107. The zero-order valence-corrected chi connectivity index (χ0v) is 53.2. The summed E-state index contributed by atoms with van der Waals surface area (Å²) in [5, 5.41) is 11.4.